The van der Waals surface area contributed by atoms with Gasteiger partial charge in [0.15, 0.2) is 5.96 Å². The average molecular weight is 1780 g/mol. The smallest absolute Gasteiger partial charge is 0.264 e. The van der Waals surface area contributed by atoms with Gasteiger partial charge in [0, 0.05) is 82.1 Å². The van der Waals surface area contributed by atoms with Crippen molar-refractivity contribution in [3.05, 3.63) is 120 Å². The van der Waals surface area contributed by atoms with Gasteiger partial charge < -0.3 is 102 Å². The van der Waals surface area contributed by atoms with Crippen LogP contribution in [0.4, 0.5) is 0 Å². The Balaban J connectivity index is 1.05. The lowest BCUT2D eigenvalue weighted by Crippen LogP contribution is -2.61. The molecule has 22 N–H and O–H groups in total. The Bertz CT molecular complexity index is 4170. The summed E-state index contributed by atoms with van der Waals surface area (Å²) < 4.78 is 0. The van der Waals surface area contributed by atoms with Gasteiger partial charge in [0.05, 0.1) is 6.04 Å². The number of H-pyrrole nitrogens is 1. The molecule has 2 saturated heterocycles. The SMILES string of the molecule is CCCCCCCC/C=C/CCCCCCCC(=O)NCCCNC(=O)/C=N/NCC(=O)NCCCC[C@H](NC(=O)[C@@H](NC(=O)[C@@H]1CCCN1C(=O)[C@H](CCCCN)NC(=O)[C@H](Cc1ccccc1)NC(=O)[C@@H](Cc1c[nH]c2ccccc12)NC(=O)[C@H](CCCN=C(N)N)NC(=O)[C@@H](Cc1ccccc1)NC(=O)[C@@H]1CCCN1C(=O)[C@@H](N)CCSC)C(C)C)C(N)=O. The first kappa shape index (κ1) is 105. The molecule has 0 saturated carbocycles. The largest absolute Gasteiger partial charge is 0.370 e. The number of benzene rings is 3. The van der Waals surface area contributed by atoms with Crippen LogP contribution in [0.5, 0.6) is 0 Å². The predicted molar refractivity (Wildman–Crippen MR) is 497 cm³/mol. The van der Waals surface area contributed by atoms with Gasteiger partial charge in [-0.25, -0.2) is 0 Å². The Morgan fingerprint density at radius 3 is 1.65 bits per heavy atom. The van der Waals surface area contributed by atoms with Gasteiger partial charge >= 0.3 is 0 Å². The van der Waals surface area contributed by atoms with Crippen LogP contribution < -0.4 is 87.3 Å². The van der Waals surface area contributed by atoms with Gasteiger partial charge in [0.25, 0.3) is 5.91 Å². The van der Waals surface area contributed by atoms with Crippen LogP contribution in [-0.4, -0.2) is 229 Å². The highest BCUT2D eigenvalue weighted by molar-refractivity contribution is 7.98. The zero-order valence-electron chi connectivity index (χ0n) is 74.9. The fourth-order valence-electron chi connectivity index (χ4n) is 15.5. The number of aromatic nitrogens is 1. The summed E-state index contributed by atoms with van der Waals surface area (Å²) in [6.07, 6.45) is 29.0. The van der Waals surface area contributed by atoms with E-state index in [9.17, 15) is 43.2 Å². The van der Waals surface area contributed by atoms with Crippen LogP contribution in [0.25, 0.3) is 10.9 Å². The van der Waals surface area contributed by atoms with Crippen LogP contribution >= 0.6 is 11.8 Å². The Kier molecular flexibility index (Phi) is 49.5. The standard InChI is InChI=1S/C92H143N21O13S/c1-5-6-7-8-9-10-11-12-13-14-15-16-17-18-25-47-78(114)98-52-35-53-100-80(116)62-104-103-61-79(115)99-50-31-29-42-70(82(95)117)105-89(124)81(63(2)3)111-88(123)77-46-34-55-113(77)91(126)72(43-28-30-49-93)107-85(120)73(57-64-36-21-19-22-37-64)108-86(121)75(59-66-60-102-69-41-27-26-40-67(66)69)109-83(118)71(44-32-51-101-92(96)97)106-84(119)74(58-65-38-23-20-24-39-65)110-87(122)76-45-33-54-112(76)90(125)68(94)48-56-127-4/h12-13,19-24,26-27,36-41,60,62-63,68,70-77,81,102-103H,5-11,14-18,25,28-35,42-59,61,93-94H2,1-4H3,(H2,95,117)(H,98,114)(H,99,115)(H,100,116)(H,105,124)(H,106,119)(H,107,120)(H,108,121)(H,109,118)(H,110,122)(H,111,123)(H4,96,97,101)/b13-12+,104-62+/t68-,70-,71-,72-,73-,74+,75+,76-,77-,81-/m0/s1. The van der Waals surface area contributed by atoms with E-state index in [-0.39, 0.29) is 102 Å². The number of para-hydroxylation sites is 1. The van der Waals surface area contributed by atoms with Crippen molar-refractivity contribution in [2.24, 2.45) is 44.7 Å². The number of fused-ring (bicyclic) bond motifs is 1. The first-order chi connectivity index (χ1) is 61.3. The van der Waals surface area contributed by atoms with Gasteiger partial charge in [-0.05, 0) is 169 Å². The molecule has 700 valence electrons. The Labute approximate surface area is 752 Å². The van der Waals surface area contributed by atoms with Crippen molar-refractivity contribution in [1.82, 2.24) is 73.4 Å². The monoisotopic (exact) mass is 1780 g/mol. The summed E-state index contributed by atoms with van der Waals surface area (Å²) in [7, 11) is 0. The van der Waals surface area contributed by atoms with E-state index in [1.54, 1.807) is 92.5 Å². The minimum absolute atomic E-state index is 0.00763. The number of allylic oxidation sites excluding steroid dienone is 2. The number of nitrogens with one attached hydrogen (secondary N) is 12. The number of hydrogen-bond acceptors (Lipinski definition) is 19. The molecule has 0 aliphatic carbocycles. The lowest BCUT2D eigenvalue weighted by atomic mass is 10.00. The molecule has 6 rings (SSSR count). The van der Waals surface area contributed by atoms with Gasteiger partial charge in [0.1, 0.15) is 67.1 Å². The molecule has 3 heterocycles. The molecule has 34 nitrogen and oxygen atoms in total. The molecule has 0 radical (unpaired) electrons. The lowest BCUT2D eigenvalue weighted by molar-refractivity contribution is -0.143. The van der Waals surface area contributed by atoms with Gasteiger partial charge in [-0.15, -0.1) is 0 Å². The summed E-state index contributed by atoms with van der Waals surface area (Å²) in [5.74, 6) is -7.96. The molecule has 2 aliphatic heterocycles. The molecule has 10 atom stereocenters. The number of amides is 13. The number of likely N-dealkylation sites (tertiary alicyclic amines) is 2. The van der Waals surface area contributed by atoms with Crippen molar-refractivity contribution in [3.63, 3.8) is 0 Å². The van der Waals surface area contributed by atoms with E-state index in [1.165, 1.54) is 61.2 Å². The highest BCUT2D eigenvalue weighted by Crippen LogP contribution is 2.25. The molecule has 0 bridgehead atoms. The van der Waals surface area contributed by atoms with Crippen LogP contribution in [0.15, 0.2) is 113 Å². The van der Waals surface area contributed by atoms with Crippen LogP contribution in [-0.2, 0) is 81.6 Å². The van der Waals surface area contributed by atoms with E-state index in [0.29, 0.717) is 106 Å². The van der Waals surface area contributed by atoms with E-state index in [1.807, 2.05) is 30.5 Å². The zero-order valence-corrected chi connectivity index (χ0v) is 75.7. The zero-order chi connectivity index (χ0) is 92.1. The third-order valence-electron chi connectivity index (χ3n) is 22.6. The van der Waals surface area contributed by atoms with Crippen LogP contribution in [0.1, 0.15) is 217 Å². The third-order valence-corrected chi connectivity index (χ3v) is 23.3. The molecule has 35 heteroatoms. The normalized spacial score (nSPS) is 15.7. The molecule has 2 fully saturated rings. The molecule has 4 aromatic rings. The average Bonchev–Trinajstić information content (AvgIpc) is 1.71. The number of hydrogen-bond donors (Lipinski definition) is 17. The van der Waals surface area contributed by atoms with E-state index in [4.69, 9.17) is 28.7 Å². The van der Waals surface area contributed by atoms with E-state index >= 15 is 19.2 Å². The Morgan fingerprint density at radius 1 is 0.520 bits per heavy atom. The lowest BCUT2D eigenvalue weighted by Gasteiger charge is -2.32. The number of nitrogens with two attached hydrogens (primary N) is 5. The fourth-order valence-corrected chi connectivity index (χ4v) is 15.9. The number of carbonyl (C=O) groups excluding carboxylic acids is 13. The van der Waals surface area contributed by atoms with Gasteiger partial charge in [-0.3, -0.25) is 67.3 Å². The number of primary amides is 1. The van der Waals surface area contributed by atoms with Crippen molar-refractivity contribution in [1.29, 1.82) is 0 Å². The van der Waals surface area contributed by atoms with Crippen LogP contribution in [0.3, 0.4) is 0 Å². The maximum atomic E-state index is 15.5. The minimum atomic E-state index is -1.46. The van der Waals surface area contributed by atoms with E-state index in [0.717, 1.165) is 49.2 Å². The van der Waals surface area contributed by atoms with Crippen LogP contribution in [0, 0.1) is 5.92 Å². The number of guanidine groups is 1. The second-order valence-corrected chi connectivity index (χ2v) is 34.2. The van der Waals surface area contributed by atoms with Gasteiger partial charge in [-0.2, -0.15) is 16.9 Å². The van der Waals surface area contributed by atoms with E-state index < -0.39 is 131 Å². The third kappa shape index (κ3) is 39.5. The molecule has 0 spiro atoms. The highest BCUT2D eigenvalue weighted by atomic mass is 32.2. The summed E-state index contributed by atoms with van der Waals surface area (Å²) in [5.41, 5.74) is 34.7. The quantitative estimate of drug-likeness (QED) is 0.00951. The van der Waals surface area contributed by atoms with Crippen LogP contribution in [0.2, 0.25) is 0 Å². The fraction of sp³-hybridized carbons (Fsp3) is 0.598. The maximum Gasteiger partial charge on any atom is 0.264 e. The number of hydrazone groups is 1. The number of aliphatic imine (C=N–C) groups is 1. The topological polar surface area (TPSA) is 531 Å². The van der Waals surface area contributed by atoms with Crippen molar-refractivity contribution in [2.75, 3.05) is 64.4 Å². The number of carbonyl (C=O) groups is 13. The second-order valence-electron chi connectivity index (χ2n) is 33.2. The summed E-state index contributed by atoms with van der Waals surface area (Å²) in [6.45, 7) is 7.02. The molecule has 127 heavy (non-hydrogen) atoms. The highest BCUT2D eigenvalue weighted by Gasteiger charge is 2.42. The van der Waals surface area contributed by atoms with Gasteiger partial charge in [0.2, 0.25) is 70.9 Å². The van der Waals surface area contributed by atoms with Crippen molar-refractivity contribution >= 4 is 112 Å². The number of aromatic amines is 1. The molecule has 13 amide bonds. The van der Waals surface area contributed by atoms with Gasteiger partial charge in [-0.1, -0.05) is 163 Å². The first-order valence-corrected chi connectivity index (χ1v) is 47.1. The number of unbranched alkanes of at least 4 members (excludes halogenated alkanes) is 13. The number of nitrogens with zero attached hydrogens (tertiary/aromatic N) is 4. The Hall–Kier alpha value is -10.9. The van der Waals surface area contributed by atoms with E-state index in [2.05, 4.69) is 92.7 Å². The Morgan fingerprint density at radius 2 is 1.03 bits per heavy atom. The number of thioether (sulfide) groups is 1. The molecular weight excluding hydrogens is 1640 g/mol. The minimum Gasteiger partial charge on any atom is -0.370 e. The van der Waals surface area contributed by atoms with Crippen molar-refractivity contribution < 1.29 is 62.3 Å². The summed E-state index contributed by atoms with van der Waals surface area (Å²) in [6, 6.07) is 13.0. The molecule has 2 aliphatic rings. The molecular formula is C92H143N21O13S. The maximum absolute atomic E-state index is 15.5. The summed E-state index contributed by atoms with van der Waals surface area (Å²) >= 11 is 1.54. The number of rotatable bonds is 63. The molecule has 1 aromatic heterocycles. The van der Waals surface area contributed by atoms with Crippen molar-refractivity contribution in [3.8, 4) is 0 Å². The summed E-state index contributed by atoms with van der Waals surface area (Å²) in [5, 5.41) is 32.8. The second kappa shape index (κ2) is 59.9. The van der Waals surface area contributed by atoms with Crippen molar-refractivity contribution in [2.45, 2.75) is 280 Å². The molecule has 3 aromatic carbocycles. The predicted octanol–water partition coefficient (Wildman–Crippen LogP) is 4.50. The first-order valence-electron chi connectivity index (χ1n) is 45.7. The summed E-state index contributed by atoms with van der Waals surface area (Å²) in [4.78, 5) is 193. The molecule has 0 unspecified atom stereocenters.